The van der Waals surface area contributed by atoms with Gasteiger partial charge in [-0.25, -0.2) is 9.69 Å². The van der Waals surface area contributed by atoms with E-state index in [-0.39, 0.29) is 17.9 Å². The lowest BCUT2D eigenvalue weighted by Gasteiger charge is -2.27. The number of urea groups is 1. The SMILES string of the molecule is CCOc1cc(COc2c(Br)cc(/C=C3\C(=O)NC(=O)N(c4cc(Cl)ccc4C)C3=O)cc2OC)ccc1OCc1ccccc1. The Morgan fingerprint density at radius 3 is 2.35 bits per heavy atom. The third-order valence-electron chi connectivity index (χ3n) is 7.00. The summed E-state index contributed by atoms with van der Waals surface area (Å²) in [4.78, 5) is 39.8. The molecule has 1 N–H and O–H groups in total. The van der Waals surface area contributed by atoms with E-state index < -0.39 is 17.8 Å². The van der Waals surface area contributed by atoms with Crippen molar-refractivity contribution in [3.63, 3.8) is 0 Å². The van der Waals surface area contributed by atoms with E-state index in [0.717, 1.165) is 16.0 Å². The molecule has 236 valence electrons. The van der Waals surface area contributed by atoms with Gasteiger partial charge < -0.3 is 18.9 Å². The molecule has 0 bridgehead atoms. The van der Waals surface area contributed by atoms with Gasteiger partial charge in [-0.05, 0) is 94.5 Å². The van der Waals surface area contributed by atoms with E-state index in [1.165, 1.54) is 19.3 Å². The van der Waals surface area contributed by atoms with Crippen LogP contribution in [0, 0.1) is 6.92 Å². The average Bonchev–Trinajstić information content (AvgIpc) is 3.04. The predicted octanol–water partition coefficient (Wildman–Crippen LogP) is 7.64. The molecular formula is C35H30BrClN2O7. The number of nitrogens with one attached hydrogen (secondary N) is 1. The smallest absolute Gasteiger partial charge is 0.335 e. The van der Waals surface area contributed by atoms with Crippen LogP contribution < -0.4 is 29.2 Å². The Hall–Kier alpha value is -4.80. The van der Waals surface area contributed by atoms with Crippen molar-refractivity contribution in [3.05, 3.63) is 116 Å². The maximum atomic E-state index is 13.4. The second kappa shape index (κ2) is 14.5. The number of rotatable bonds is 11. The first-order valence-corrected chi connectivity index (χ1v) is 15.5. The molecule has 4 aromatic rings. The largest absolute Gasteiger partial charge is 0.493 e. The molecule has 5 rings (SSSR count). The number of hydrogen-bond donors (Lipinski definition) is 1. The summed E-state index contributed by atoms with van der Waals surface area (Å²) < 4.78 is 24.1. The van der Waals surface area contributed by atoms with Crippen molar-refractivity contribution < 1.29 is 33.3 Å². The van der Waals surface area contributed by atoms with E-state index in [0.29, 0.717) is 56.8 Å². The fourth-order valence-corrected chi connectivity index (χ4v) is 5.49. The summed E-state index contributed by atoms with van der Waals surface area (Å²) in [6.45, 7) is 4.70. The number of hydrogen-bond acceptors (Lipinski definition) is 7. The van der Waals surface area contributed by atoms with Gasteiger partial charge in [-0.2, -0.15) is 0 Å². The number of imide groups is 2. The molecule has 4 amide bonds. The Labute approximate surface area is 279 Å². The Kier molecular flexibility index (Phi) is 10.3. The molecule has 1 saturated heterocycles. The second-order valence-electron chi connectivity index (χ2n) is 10.2. The number of benzene rings is 4. The molecule has 0 unspecified atom stereocenters. The van der Waals surface area contributed by atoms with Crippen LogP contribution in [0.4, 0.5) is 10.5 Å². The Balaban J connectivity index is 1.36. The number of ether oxygens (including phenoxy) is 4. The number of amides is 4. The van der Waals surface area contributed by atoms with Gasteiger partial charge in [0.1, 0.15) is 18.8 Å². The average molecular weight is 706 g/mol. The minimum Gasteiger partial charge on any atom is -0.493 e. The van der Waals surface area contributed by atoms with Gasteiger partial charge in [0, 0.05) is 5.02 Å². The van der Waals surface area contributed by atoms with Crippen molar-refractivity contribution in [1.29, 1.82) is 0 Å². The van der Waals surface area contributed by atoms with Crippen molar-refractivity contribution in [2.24, 2.45) is 0 Å². The van der Waals surface area contributed by atoms with Gasteiger partial charge in [0.15, 0.2) is 23.0 Å². The molecule has 0 atom stereocenters. The van der Waals surface area contributed by atoms with Gasteiger partial charge in [-0.3, -0.25) is 14.9 Å². The zero-order valence-electron chi connectivity index (χ0n) is 25.3. The van der Waals surface area contributed by atoms with Gasteiger partial charge in [0.25, 0.3) is 11.8 Å². The van der Waals surface area contributed by atoms with E-state index in [2.05, 4.69) is 21.2 Å². The van der Waals surface area contributed by atoms with Gasteiger partial charge >= 0.3 is 6.03 Å². The molecule has 4 aromatic carbocycles. The van der Waals surface area contributed by atoms with Gasteiger partial charge in [0.2, 0.25) is 0 Å². The van der Waals surface area contributed by atoms with Crippen LogP contribution in [0.15, 0.2) is 88.9 Å². The zero-order chi connectivity index (χ0) is 32.8. The van der Waals surface area contributed by atoms with Crippen LogP contribution in [-0.2, 0) is 22.8 Å². The summed E-state index contributed by atoms with van der Waals surface area (Å²) in [5.41, 5.74) is 3.02. The Bertz CT molecular complexity index is 1830. The second-order valence-corrected chi connectivity index (χ2v) is 11.5. The topological polar surface area (TPSA) is 103 Å². The maximum Gasteiger partial charge on any atom is 0.335 e. The molecule has 0 spiro atoms. The number of halogens is 2. The monoisotopic (exact) mass is 704 g/mol. The quantitative estimate of drug-likeness (QED) is 0.126. The number of carbonyl (C=O) groups excluding carboxylic acids is 3. The molecule has 9 nitrogen and oxygen atoms in total. The van der Waals surface area contributed by atoms with Crippen LogP contribution in [0.25, 0.3) is 6.08 Å². The van der Waals surface area contributed by atoms with Crippen LogP contribution in [0.3, 0.4) is 0 Å². The number of barbiturate groups is 1. The van der Waals surface area contributed by atoms with Crippen LogP contribution in [0.1, 0.15) is 29.2 Å². The minimum absolute atomic E-state index is 0.186. The highest BCUT2D eigenvalue weighted by atomic mass is 79.9. The summed E-state index contributed by atoms with van der Waals surface area (Å²) in [5, 5.41) is 2.57. The summed E-state index contributed by atoms with van der Waals surface area (Å²) in [5.74, 6) is 0.397. The molecule has 0 saturated carbocycles. The standard InChI is InChI=1S/C35H30BrClN2O7/c1-4-44-30-16-23(11-13-29(30)45-19-22-8-6-5-7-9-22)20-46-32-27(36)15-24(17-31(32)43-3)14-26-33(40)38-35(42)39(34(26)41)28-18-25(37)12-10-21(28)2/h5-18H,4,19-20H2,1-3H3,(H,38,40,42)/b26-14+. The van der Waals surface area contributed by atoms with E-state index in [1.54, 1.807) is 31.2 Å². The summed E-state index contributed by atoms with van der Waals surface area (Å²) >= 11 is 9.66. The lowest BCUT2D eigenvalue weighted by Crippen LogP contribution is -2.54. The highest BCUT2D eigenvalue weighted by Gasteiger charge is 2.37. The van der Waals surface area contributed by atoms with E-state index in [9.17, 15) is 14.4 Å². The predicted molar refractivity (Wildman–Crippen MR) is 179 cm³/mol. The van der Waals surface area contributed by atoms with Gasteiger partial charge in [-0.15, -0.1) is 0 Å². The third kappa shape index (κ3) is 7.35. The van der Waals surface area contributed by atoms with E-state index in [1.807, 2.05) is 55.5 Å². The number of aryl methyl sites for hydroxylation is 1. The van der Waals surface area contributed by atoms with Crippen molar-refractivity contribution in [1.82, 2.24) is 5.32 Å². The molecule has 0 aromatic heterocycles. The molecule has 1 fully saturated rings. The van der Waals surface area contributed by atoms with Crippen LogP contribution >= 0.6 is 27.5 Å². The molecule has 0 radical (unpaired) electrons. The minimum atomic E-state index is -0.858. The molecule has 0 aliphatic carbocycles. The van der Waals surface area contributed by atoms with Crippen LogP contribution in [-0.4, -0.2) is 31.6 Å². The first kappa shape index (κ1) is 32.6. The van der Waals surface area contributed by atoms with Crippen molar-refractivity contribution in [3.8, 4) is 23.0 Å². The third-order valence-corrected chi connectivity index (χ3v) is 7.83. The van der Waals surface area contributed by atoms with Crippen molar-refractivity contribution in [2.75, 3.05) is 18.6 Å². The number of methoxy groups -OCH3 is 1. The summed E-state index contributed by atoms with van der Waals surface area (Å²) in [6, 6.07) is 22.8. The normalized spacial score (nSPS) is 13.9. The fraction of sp³-hybridized carbons (Fsp3) is 0.171. The molecule has 46 heavy (non-hydrogen) atoms. The number of carbonyl (C=O) groups is 3. The Morgan fingerprint density at radius 2 is 1.61 bits per heavy atom. The van der Waals surface area contributed by atoms with E-state index >= 15 is 0 Å². The van der Waals surface area contributed by atoms with Crippen LogP contribution in [0.2, 0.25) is 5.02 Å². The zero-order valence-corrected chi connectivity index (χ0v) is 27.6. The highest BCUT2D eigenvalue weighted by molar-refractivity contribution is 9.10. The molecule has 1 aliphatic rings. The van der Waals surface area contributed by atoms with Crippen molar-refractivity contribution in [2.45, 2.75) is 27.1 Å². The molecular weight excluding hydrogens is 676 g/mol. The van der Waals surface area contributed by atoms with E-state index in [4.69, 9.17) is 30.5 Å². The summed E-state index contributed by atoms with van der Waals surface area (Å²) in [7, 11) is 1.48. The fourth-order valence-electron chi connectivity index (χ4n) is 4.75. The lowest BCUT2D eigenvalue weighted by atomic mass is 10.1. The highest BCUT2D eigenvalue weighted by Crippen LogP contribution is 2.39. The first-order valence-electron chi connectivity index (χ1n) is 14.3. The summed E-state index contributed by atoms with van der Waals surface area (Å²) in [6.07, 6.45) is 1.39. The number of nitrogens with zero attached hydrogens (tertiary/aromatic N) is 1. The van der Waals surface area contributed by atoms with Gasteiger partial charge in [-0.1, -0.05) is 54.1 Å². The lowest BCUT2D eigenvalue weighted by molar-refractivity contribution is -0.122. The number of anilines is 1. The van der Waals surface area contributed by atoms with Crippen LogP contribution in [0.5, 0.6) is 23.0 Å². The molecule has 1 heterocycles. The van der Waals surface area contributed by atoms with Gasteiger partial charge in [0.05, 0.1) is 23.9 Å². The molecule has 1 aliphatic heterocycles. The van der Waals surface area contributed by atoms with Crippen molar-refractivity contribution >= 4 is 57.1 Å². The first-order chi connectivity index (χ1) is 22.2. The maximum absolute atomic E-state index is 13.4. The molecule has 11 heteroatoms. The Morgan fingerprint density at radius 1 is 0.848 bits per heavy atom.